The van der Waals surface area contributed by atoms with Crippen LogP contribution in [0.2, 0.25) is 0 Å². The lowest BCUT2D eigenvalue weighted by Gasteiger charge is -2.12. The van der Waals surface area contributed by atoms with Crippen LogP contribution >= 0.6 is 0 Å². The Kier molecular flexibility index (Phi) is 6.44. The smallest absolute Gasteiger partial charge is 0.127 e. The van der Waals surface area contributed by atoms with Crippen LogP contribution in [-0.4, -0.2) is 18.1 Å². The van der Waals surface area contributed by atoms with E-state index < -0.39 is 0 Å². The minimum absolute atomic E-state index is 0.608. The van der Waals surface area contributed by atoms with Crippen LogP contribution < -0.4 is 10.1 Å². The van der Waals surface area contributed by atoms with Gasteiger partial charge in [-0.05, 0) is 26.3 Å². The summed E-state index contributed by atoms with van der Waals surface area (Å²) in [6.07, 6.45) is 5.89. The molecule has 1 N–H and O–H groups in total. The van der Waals surface area contributed by atoms with E-state index in [2.05, 4.69) is 24.1 Å². The van der Waals surface area contributed by atoms with E-state index in [0.29, 0.717) is 12.5 Å². The van der Waals surface area contributed by atoms with Gasteiger partial charge in [0, 0.05) is 30.1 Å². The van der Waals surface area contributed by atoms with Gasteiger partial charge in [-0.15, -0.1) is 0 Å². The van der Waals surface area contributed by atoms with E-state index in [0.717, 1.165) is 30.1 Å². The number of ether oxygens (including phenoxy) is 1. The van der Waals surface area contributed by atoms with Crippen LogP contribution in [0, 0.1) is 12.8 Å². The summed E-state index contributed by atoms with van der Waals surface area (Å²) in [5, 5.41) is 3.41. The molecule has 0 spiro atoms. The first-order valence-electron chi connectivity index (χ1n) is 6.53. The summed E-state index contributed by atoms with van der Waals surface area (Å²) in [5.74, 6) is 1.58. The maximum absolute atomic E-state index is 5.75. The molecule has 3 nitrogen and oxygen atoms in total. The van der Waals surface area contributed by atoms with Gasteiger partial charge in [0.15, 0.2) is 0 Å². The fourth-order valence-electron chi connectivity index (χ4n) is 1.56. The number of nitrogens with one attached hydrogen (secondary N) is 1. The van der Waals surface area contributed by atoms with Crippen LogP contribution in [0.3, 0.4) is 0 Å². The van der Waals surface area contributed by atoms with Crippen molar-refractivity contribution in [2.45, 2.75) is 34.2 Å². The molecule has 1 heterocycles. The predicted octanol–water partition coefficient (Wildman–Crippen LogP) is 3.09. The molecule has 3 heteroatoms. The molecular formula is C15H24N2O. The Labute approximate surface area is 110 Å². The second-order valence-electron chi connectivity index (χ2n) is 4.84. The van der Waals surface area contributed by atoms with E-state index in [9.17, 15) is 0 Å². The molecule has 0 radical (unpaired) electrons. The third-order valence-corrected chi connectivity index (χ3v) is 2.52. The van der Waals surface area contributed by atoms with Gasteiger partial charge >= 0.3 is 0 Å². The fraction of sp³-hybridized carbons (Fsp3) is 0.533. The zero-order valence-electron chi connectivity index (χ0n) is 11.9. The van der Waals surface area contributed by atoms with E-state index in [-0.39, 0.29) is 0 Å². The Balaban J connectivity index is 2.63. The van der Waals surface area contributed by atoms with E-state index in [4.69, 9.17) is 4.74 Å². The highest BCUT2D eigenvalue weighted by Gasteiger charge is 2.05. The van der Waals surface area contributed by atoms with Crippen molar-refractivity contribution in [3.05, 3.63) is 35.7 Å². The second-order valence-corrected chi connectivity index (χ2v) is 4.84. The normalized spacial score (nSPS) is 11.4. The van der Waals surface area contributed by atoms with Crippen molar-refractivity contribution in [1.82, 2.24) is 10.3 Å². The third-order valence-electron chi connectivity index (χ3n) is 2.52. The lowest BCUT2D eigenvalue weighted by Crippen LogP contribution is -2.19. The number of hydrogen-bond donors (Lipinski definition) is 1. The minimum atomic E-state index is 0.608. The van der Waals surface area contributed by atoms with Crippen LogP contribution in [-0.2, 0) is 6.54 Å². The van der Waals surface area contributed by atoms with E-state index in [1.54, 1.807) is 0 Å². The Hall–Kier alpha value is -1.35. The molecule has 0 unspecified atom stereocenters. The lowest BCUT2D eigenvalue weighted by molar-refractivity contribution is 0.356. The molecule has 0 aromatic carbocycles. The maximum Gasteiger partial charge on any atom is 0.127 e. The average Bonchev–Trinajstić information content (AvgIpc) is 2.32. The summed E-state index contributed by atoms with van der Waals surface area (Å²) in [4.78, 5) is 4.33. The van der Waals surface area contributed by atoms with Gasteiger partial charge in [0.2, 0.25) is 0 Å². The quantitative estimate of drug-likeness (QED) is 0.753. The molecule has 0 atom stereocenters. The molecule has 0 bridgehead atoms. The Morgan fingerprint density at radius 2 is 2.22 bits per heavy atom. The molecule has 0 aliphatic carbocycles. The van der Waals surface area contributed by atoms with Crippen LogP contribution in [0.25, 0.3) is 0 Å². The van der Waals surface area contributed by atoms with Crippen molar-refractivity contribution in [3.63, 3.8) is 0 Å². The number of pyridine rings is 1. The molecular weight excluding hydrogens is 224 g/mol. The maximum atomic E-state index is 5.75. The monoisotopic (exact) mass is 248 g/mol. The second kappa shape index (κ2) is 7.88. The first-order chi connectivity index (χ1) is 8.63. The number of hydrogen-bond acceptors (Lipinski definition) is 3. The zero-order chi connectivity index (χ0) is 13.4. The predicted molar refractivity (Wildman–Crippen MR) is 75.8 cm³/mol. The standard InChI is InChI=1S/C15H24N2O/c1-5-6-7-18-15-8-13(4)17-11-14(15)10-16-9-12(2)3/h5-6,8,11-12,16H,7,9-10H2,1-4H3/b6-5+. The van der Waals surface area contributed by atoms with Crippen molar-refractivity contribution in [2.24, 2.45) is 5.92 Å². The van der Waals surface area contributed by atoms with Crippen LogP contribution in [0.4, 0.5) is 0 Å². The number of aromatic nitrogens is 1. The molecule has 1 aromatic heterocycles. The molecule has 18 heavy (non-hydrogen) atoms. The topological polar surface area (TPSA) is 34.1 Å². The molecule has 0 saturated carbocycles. The highest BCUT2D eigenvalue weighted by Crippen LogP contribution is 2.18. The first kappa shape index (κ1) is 14.7. The number of aryl methyl sites for hydroxylation is 1. The van der Waals surface area contributed by atoms with E-state index in [1.807, 2.05) is 38.3 Å². The summed E-state index contributed by atoms with van der Waals surface area (Å²) >= 11 is 0. The van der Waals surface area contributed by atoms with Gasteiger partial charge in [0.1, 0.15) is 12.4 Å². The molecule has 0 aliphatic rings. The van der Waals surface area contributed by atoms with Crippen LogP contribution in [0.5, 0.6) is 5.75 Å². The number of rotatable bonds is 7. The molecule has 100 valence electrons. The van der Waals surface area contributed by atoms with Crippen molar-refractivity contribution in [2.75, 3.05) is 13.2 Å². The molecule has 0 saturated heterocycles. The fourth-order valence-corrected chi connectivity index (χ4v) is 1.56. The summed E-state index contributed by atoms with van der Waals surface area (Å²) in [6.45, 7) is 10.8. The molecule has 1 rings (SSSR count). The molecule has 0 aliphatic heterocycles. The minimum Gasteiger partial charge on any atom is -0.489 e. The van der Waals surface area contributed by atoms with Crippen molar-refractivity contribution in [3.8, 4) is 5.75 Å². The Bertz CT molecular complexity index is 386. The number of allylic oxidation sites excluding steroid dienone is 1. The number of nitrogens with zero attached hydrogens (tertiary/aromatic N) is 1. The van der Waals surface area contributed by atoms with Crippen molar-refractivity contribution < 1.29 is 4.74 Å². The van der Waals surface area contributed by atoms with Crippen molar-refractivity contribution >= 4 is 0 Å². The van der Waals surface area contributed by atoms with Gasteiger partial charge in [-0.2, -0.15) is 0 Å². The molecule has 0 amide bonds. The van der Waals surface area contributed by atoms with Gasteiger partial charge < -0.3 is 10.1 Å². The summed E-state index contributed by atoms with van der Waals surface area (Å²) in [6, 6.07) is 2.00. The van der Waals surface area contributed by atoms with Crippen LogP contribution in [0.15, 0.2) is 24.4 Å². The van der Waals surface area contributed by atoms with E-state index >= 15 is 0 Å². The largest absolute Gasteiger partial charge is 0.489 e. The molecule has 0 fully saturated rings. The summed E-state index contributed by atoms with van der Waals surface area (Å²) in [5.41, 5.74) is 2.10. The van der Waals surface area contributed by atoms with Gasteiger partial charge in [0.05, 0.1) is 0 Å². The third kappa shape index (κ3) is 5.32. The lowest BCUT2D eigenvalue weighted by atomic mass is 10.2. The van der Waals surface area contributed by atoms with Crippen molar-refractivity contribution in [1.29, 1.82) is 0 Å². The van der Waals surface area contributed by atoms with Gasteiger partial charge in [-0.1, -0.05) is 26.0 Å². The SMILES string of the molecule is C/C=C/COc1cc(C)ncc1CNCC(C)C. The van der Waals surface area contributed by atoms with Gasteiger partial charge in [-0.25, -0.2) is 0 Å². The molecule has 1 aromatic rings. The average molecular weight is 248 g/mol. The summed E-state index contributed by atoms with van der Waals surface area (Å²) < 4.78 is 5.75. The van der Waals surface area contributed by atoms with Gasteiger partial charge in [-0.3, -0.25) is 4.98 Å². The Morgan fingerprint density at radius 1 is 1.44 bits per heavy atom. The van der Waals surface area contributed by atoms with Gasteiger partial charge in [0.25, 0.3) is 0 Å². The highest BCUT2D eigenvalue weighted by atomic mass is 16.5. The van der Waals surface area contributed by atoms with E-state index in [1.165, 1.54) is 0 Å². The highest BCUT2D eigenvalue weighted by molar-refractivity contribution is 5.33. The first-order valence-corrected chi connectivity index (χ1v) is 6.53. The summed E-state index contributed by atoms with van der Waals surface area (Å²) in [7, 11) is 0. The van der Waals surface area contributed by atoms with Crippen LogP contribution in [0.1, 0.15) is 32.0 Å². The Morgan fingerprint density at radius 3 is 2.89 bits per heavy atom. The zero-order valence-corrected chi connectivity index (χ0v) is 11.9.